The molecule has 1 unspecified atom stereocenters. The van der Waals surface area contributed by atoms with Crippen LogP contribution in [-0.2, 0) is 10.0 Å². The molecule has 1 fully saturated rings. The van der Waals surface area contributed by atoms with Crippen molar-refractivity contribution in [3.05, 3.63) is 33.9 Å². The molecule has 1 heterocycles. The molecule has 1 aromatic rings. The molecular formula is C13H19N3O4S. The van der Waals surface area contributed by atoms with E-state index in [2.05, 4.69) is 0 Å². The number of nitro groups is 1. The van der Waals surface area contributed by atoms with E-state index in [0.29, 0.717) is 19.6 Å². The van der Waals surface area contributed by atoms with Crippen molar-refractivity contribution in [2.45, 2.75) is 24.7 Å². The molecule has 0 bridgehead atoms. The Balaban J connectivity index is 2.40. The summed E-state index contributed by atoms with van der Waals surface area (Å²) in [7, 11) is -3.72. The number of hydrogen-bond acceptors (Lipinski definition) is 5. The maximum absolute atomic E-state index is 12.7. The van der Waals surface area contributed by atoms with Gasteiger partial charge < -0.3 is 5.73 Å². The van der Waals surface area contributed by atoms with E-state index >= 15 is 0 Å². The topological polar surface area (TPSA) is 107 Å². The second kappa shape index (κ2) is 6.08. The number of sulfonamides is 1. The lowest BCUT2D eigenvalue weighted by Crippen LogP contribution is -2.42. The Kier molecular flexibility index (Phi) is 4.60. The van der Waals surface area contributed by atoms with E-state index in [-0.39, 0.29) is 22.1 Å². The van der Waals surface area contributed by atoms with Crippen molar-refractivity contribution < 1.29 is 13.3 Å². The second-order valence-corrected chi connectivity index (χ2v) is 7.17. The van der Waals surface area contributed by atoms with E-state index < -0.39 is 14.9 Å². The molecule has 0 radical (unpaired) electrons. The maximum Gasteiger partial charge on any atom is 0.273 e. The van der Waals surface area contributed by atoms with Gasteiger partial charge in [-0.2, -0.15) is 4.31 Å². The molecular weight excluding hydrogens is 294 g/mol. The van der Waals surface area contributed by atoms with Crippen molar-refractivity contribution in [2.75, 3.05) is 19.6 Å². The lowest BCUT2D eigenvalue weighted by atomic mass is 10.0. The van der Waals surface area contributed by atoms with E-state index in [0.717, 1.165) is 12.8 Å². The summed E-state index contributed by atoms with van der Waals surface area (Å²) in [6, 6.07) is 4.14. The Morgan fingerprint density at radius 1 is 1.48 bits per heavy atom. The van der Waals surface area contributed by atoms with Gasteiger partial charge in [0.05, 0.1) is 9.82 Å². The first kappa shape index (κ1) is 15.9. The SMILES string of the molecule is Cc1c([N+](=O)[O-])cccc1S(=O)(=O)N1CCCC(CN)C1. The van der Waals surface area contributed by atoms with Crippen molar-refractivity contribution in [2.24, 2.45) is 11.7 Å². The Morgan fingerprint density at radius 3 is 2.81 bits per heavy atom. The van der Waals surface area contributed by atoms with Crippen LogP contribution in [0.15, 0.2) is 23.1 Å². The highest BCUT2D eigenvalue weighted by atomic mass is 32.2. The Bertz CT molecular complexity index is 645. The van der Waals surface area contributed by atoms with Crippen molar-refractivity contribution in [3.8, 4) is 0 Å². The summed E-state index contributed by atoms with van der Waals surface area (Å²) in [5.41, 5.74) is 5.63. The molecule has 2 rings (SSSR count). The highest BCUT2D eigenvalue weighted by Gasteiger charge is 2.32. The number of nitrogens with zero attached hydrogens (tertiary/aromatic N) is 2. The van der Waals surface area contributed by atoms with Gasteiger partial charge in [0.2, 0.25) is 10.0 Å². The van der Waals surface area contributed by atoms with Crippen LogP contribution in [0.5, 0.6) is 0 Å². The van der Waals surface area contributed by atoms with E-state index in [1.54, 1.807) is 0 Å². The minimum atomic E-state index is -3.72. The monoisotopic (exact) mass is 313 g/mol. The molecule has 0 amide bonds. The van der Waals surface area contributed by atoms with Crippen LogP contribution < -0.4 is 5.73 Å². The van der Waals surface area contributed by atoms with Crippen LogP contribution in [-0.4, -0.2) is 37.3 Å². The molecule has 0 aromatic heterocycles. The number of rotatable bonds is 4. The summed E-state index contributed by atoms with van der Waals surface area (Å²) in [4.78, 5) is 10.4. The van der Waals surface area contributed by atoms with Crippen LogP contribution in [0, 0.1) is 23.0 Å². The Morgan fingerprint density at radius 2 is 2.19 bits per heavy atom. The average molecular weight is 313 g/mol. The van der Waals surface area contributed by atoms with Crippen LogP contribution in [0.3, 0.4) is 0 Å². The zero-order valence-corrected chi connectivity index (χ0v) is 12.7. The van der Waals surface area contributed by atoms with E-state index in [9.17, 15) is 18.5 Å². The molecule has 116 valence electrons. The van der Waals surface area contributed by atoms with Gasteiger partial charge in [0.15, 0.2) is 0 Å². The molecule has 1 atom stereocenters. The normalized spacial score (nSPS) is 20.4. The fourth-order valence-electron chi connectivity index (χ4n) is 2.66. The molecule has 2 N–H and O–H groups in total. The molecule has 1 aliphatic rings. The lowest BCUT2D eigenvalue weighted by molar-refractivity contribution is -0.385. The van der Waals surface area contributed by atoms with Crippen LogP contribution in [0.4, 0.5) is 5.69 Å². The first-order valence-corrected chi connectivity index (χ1v) is 8.26. The molecule has 7 nitrogen and oxygen atoms in total. The smallest absolute Gasteiger partial charge is 0.273 e. The van der Waals surface area contributed by atoms with Crippen LogP contribution in [0.2, 0.25) is 0 Å². The van der Waals surface area contributed by atoms with Crippen molar-refractivity contribution in [3.63, 3.8) is 0 Å². The fourth-order valence-corrected chi connectivity index (χ4v) is 4.45. The highest BCUT2D eigenvalue weighted by Crippen LogP contribution is 2.29. The number of piperidine rings is 1. The van der Waals surface area contributed by atoms with Gasteiger partial charge in [0.25, 0.3) is 5.69 Å². The number of benzene rings is 1. The third-order valence-electron chi connectivity index (χ3n) is 3.89. The quantitative estimate of drug-likeness (QED) is 0.665. The zero-order valence-electron chi connectivity index (χ0n) is 11.9. The summed E-state index contributed by atoms with van der Waals surface area (Å²) >= 11 is 0. The standard InChI is InChI=1S/C13H19N3O4S/c1-10-12(16(17)18)5-2-6-13(10)21(19,20)15-7-3-4-11(8-14)9-15/h2,5-6,11H,3-4,7-9,14H2,1H3. The van der Waals surface area contributed by atoms with E-state index in [1.165, 1.54) is 29.4 Å². The number of hydrogen-bond donors (Lipinski definition) is 1. The number of nitro benzene ring substituents is 1. The van der Waals surface area contributed by atoms with Gasteiger partial charge in [-0.25, -0.2) is 8.42 Å². The summed E-state index contributed by atoms with van der Waals surface area (Å²) in [6.07, 6.45) is 1.67. The predicted octanol–water partition coefficient (Wildman–Crippen LogP) is 1.26. The Hall–Kier alpha value is -1.51. The van der Waals surface area contributed by atoms with Crippen LogP contribution in [0.25, 0.3) is 0 Å². The maximum atomic E-state index is 12.7. The third kappa shape index (κ3) is 3.07. The largest absolute Gasteiger partial charge is 0.330 e. The highest BCUT2D eigenvalue weighted by molar-refractivity contribution is 7.89. The predicted molar refractivity (Wildman–Crippen MR) is 78.4 cm³/mol. The first-order valence-electron chi connectivity index (χ1n) is 6.82. The van der Waals surface area contributed by atoms with Crippen LogP contribution >= 0.6 is 0 Å². The summed E-state index contributed by atoms with van der Waals surface area (Å²) < 4.78 is 26.8. The van der Waals surface area contributed by atoms with Crippen LogP contribution in [0.1, 0.15) is 18.4 Å². The van der Waals surface area contributed by atoms with Gasteiger partial charge in [0, 0.05) is 24.7 Å². The second-order valence-electron chi connectivity index (χ2n) is 5.26. The van der Waals surface area contributed by atoms with Gasteiger partial charge in [-0.3, -0.25) is 10.1 Å². The summed E-state index contributed by atoms with van der Waals surface area (Å²) in [6.45, 7) is 2.72. The summed E-state index contributed by atoms with van der Waals surface area (Å²) in [5, 5.41) is 11.0. The van der Waals surface area contributed by atoms with Gasteiger partial charge in [-0.1, -0.05) is 6.07 Å². The van der Waals surface area contributed by atoms with E-state index in [4.69, 9.17) is 5.73 Å². The molecule has 8 heteroatoms. The minimum absolute atomic E-state index is 0.00868. The lowest BCUT2D eigenvalue weighted by Gasteiger charge is -2.31. The fraction of sp³-hybridized carbons (Fsp3) is 0.538. The Labute approximate surface area is 123 Å². The third-order valence-corrected chi connectivity index (χ3v) is 5.89. The first-order chi connectivity index (χ1) is 9.87. The van der Waals surface area contributed by atoms with Crippen molar-refractivity contribution in [1.82, 2.24) is 4.31 Å². The van der Waals surface area contributed by atoms with Gasteiger partial charge in [-0.05, 0) is 38.3 Å². The molecule has 1 aromatic carbocycles. The van der Waals surface area contributed by atoms with Crippen molar-refractivity contribution >= 4 is 15.7 Å². The average Bonchev–Trinajstić information content (AvgIpc) is 2.47. The number of nitrogens with two attached hydrogens (primary N) is 1. The van der Waals surface area contributed by atoms with Crippen molar-refractivity contribution in [1.29, 1.82) is 0 Å². The van der Waals surface area contributed by atoms with E-state index in [1.807, 2.05) is 0 Å². The molecule has 0 saturated carbocycles. The molecule has 21 heavy (non-hydrogen) atoms. The van der Waals surface area contributed by atoms with Gasteiger partial charge >= 0.3 is 0 Å². The molecule has 1 saturated heterocycles. The zero-order chi connectivity index (χ0) is 15.6. The molecule has 0 spiro atoms. The summed E-state index contributed by atoms with van der Waals surface area (Å²) in [5.74, 6) is 0.146. The minimum Gasteiger partial charge on any atom is -0.330 e. The van der Waals surface area contributed by atoms with Gasteiger partial charge in [-0.15, -0.1) is 0 Å². The molecule has 0 aliphatic carbocycles. The molecule has 1 aliphatic heterocycles. The van der Waals surface area contributed by atoms with Gasteiger partial charge in [0.1, 0.15) is 0 Å².